The molecular weight excluding hydrogens is 318 g/mol. The molecule has 6 heteroatoms. The van der Waals surface area contributed by atoms with Gasteiger partial charge in [-0.1, -0.05) is 12.1 Å². The minimum atomic E-state index is -0.385. The molecule has 1 aliphatic heterocycles. The molecule has 132 valence electrons. The fourth-order valence-electron chi connectivity index (χ4n) is 2.86. The monoisotopic (exact) mass is 341 g/mol. The number of morpholine rings is 1. The normalized spacial score (nSPS) is 15.1. The number of amides is 1. The van der Waals surface area contributed by atoms with Crippen LogP contribution >= 0.6 is 0 Å². The number of hydrogen-bond acceptors (Lipinski definition) is 4. The lowest BCUT2D eigenvalue weighted by atomic mass is 10.1. The molecular formula is C19H23N3O3. The van der Waals surface area contributed by atoms with Crippen molar-refractivity contribution in [1.82, 2.24) is 9.47 Å². The van der Waals surface area contributed by atoms with Crippen molar-refractivity contribution in [3.05, 3.63) is 63.6 Å². The van der Waals surface area contributed by atoms with E-state index >= 15 is 0 Å². The maximum Gasteiger partial charge on any atom is 0.263 e. The van der Waals surface area contributed by atoms with Crippen LogP contribution in [0, 0.1) is 6.92 Å². The van der Waals surface area contributed by atoms with Crippen molar-refractivity contribution >= 4 is 11.6 Å². The van der Waals surface area contributed by atoms with Gasteiger partial charge in [0.05, 0.1) is 13.2 Å². The number of nitrogens with one attached hydrogen (secondary N) is 1. The fourth-order valence-corrected chi connectivity index (χ4v) is 2.86. The molecule has 0 radical (unpaired) electrons. The molecule has 1 N–H and O–H groups in total. The van der Waals surface area contributed by atoms with Gasteiger partial charge in [-0.25, -0.2) is 0 Å². The summed E-state index contributed by atoms with van der Waals surface area (Å²) in [5.74, 6) is -0.385. The first-order valence-electron chi connectivity index (χ1n) is 8.41. The van der Waals surface area contributed by atoms with Crippen molar-refractivity contribution in [2.24, 2.45) is 7.05 Å². The average Bonchev–Trinajstić information content (AvgIpc) is 2.61. The van der Waals surface area contributed by atoms with Crippen molar-refractivity contribution in [3.8, 4) is 0 Å². The first kappa shape index (κ1) is 17.4. The topological polar surface area (TPSA) is 63.6 Å². The third kappa shape index (κ3) is 4.15. The van der Waals surface area contributed by atoms with Crippen LogP contribution in [0.3, 0.4) is 0 Å². The Balaban J connectivity index is 1.72. The van der Waals surface area contributed by atoms with E-state index in [0.717, 1.165) is 44.1 Å². The van der Waals surface area contributed by atoms with Crippen molar-refractivity contribution in [2.75, 3.05) is 31.6 Å². The zero-order valence-electron chi connectivity index (χ0n) is 14.6. The van der Waals surface area contributed by atoms with Crippen LogP contribution in [-0.2, 0) is 18.3 Å². The molecule has 1 aromatic carbocycles. The number of ether oxygens (including phenoxy) is 1. The van der Waals surface area contributed by atoms with Gasteiger partial charge in [-0.3, -0.25) is 14.5 Å². The Morgan fingerprint density at radius 3 is 2.72 bits per heavy atom. The number of anilines is 1. The van der Waals surface area contributed by atoms with Crippen molar-refractivity contribution < 1.29 is 9.53 Å². The van der Waals surface area contributed by atoms with Gasteiger partial charge < -0.3 is 14.6 Å². The summed E-state index contributed by atoms with van der Waals surface area (Å²) < 4.78 is 6.84. The number of benzene rings is 1. The standard InChI is InChI=1S/C19H23N3O3/c1-14-6-7-17(19(24)21(14)2)18(23)20-16-5-3-4-15(12-16)13-22-8-10-25-11-9-22/h3-7,12H,8-11,13H2,1-2H3,(H,20,23). The molecule has 1 aromatic heterocycles. The van der Waals surface area contributed by atoms with Crippen molar-refractivity contribution in [1.29, 1.82) is 0 Å². The Hall–Kier alpha value is -2.44. The Bertz CT molecular complexity index is 823. The van der Waals surface area contributed by atoms with E-state index in [1.54, 1.807) is 19.2 Å². The molecule has 25 heavy (non-hydrogen) atoms. The second-order valence-corrected chi connectivity index (χ2v) is 6.30. The van der Waals surface area contributed by atoms with Gasteiger partial charge in [0.1, 0.15) is 5.56 Å². The number of rotatable bonds is 4. The van der Waals surface area contributed by atoms with Crippen LogP contribution in [0.25, 0.3) is 0 Å². The van der Waals surface area contributed by atoms with Gasteiger partial charge >= 0.3 is 0 Å². The molecule has 6 nitrogen and oxygen atoms in total. The maximum atomic E-state index is 12.4. The van der Waals surface area contributed by atoms with E-state index in [9.17, 15) is 9.59 Å². The molecule has 0 bridgehead atoms. The van der Waals surface area contributed by atoms with Crippen LogP contribution in [0.4, 0.5) is 5.69 Å². The van der Waals surface area contributed by atoms with Crippen LogP contribution in [0.2, 0.25) is 0 Å². The summed E-state index contributed by atoms with van der Waals surface area (Å²) in [7, 11) is 1.66. The van der Waals surface area contributed by atoms with Crippen LogP contribution < -0.4 is 10.9 Å². The molecule has 3 rings (SSSR count). The number of carbonyl (C=O) groups is 1. The van der Waals surface area contributed by atoms with Gasteiger partial charge in [0.2, 0.25) is 0 Å². The summed E-state index contributed by atoms with van der Waals surface area (Å²) in [6, 6.07) is 11.1. The van der Waals surface area contributed by atoms with E-state index in [0.29, 0.717) is 5.69 Å². The first-order valence-corrected chi connectivity index (χ1v) is 8.41. The molecule has 0 saturated carbocycles. The molecule has 1 aliphatic rings. The fraction of sp³-hybridized carbons (Fsp3) is 0.368. The second kappa shape index (κ2) is 7.63. The van der Waals surface area contributed by atoms with E-state index in [2.05, 4.69) is 10.2 Å². The third-order valence-corrected chi connectivity index (χ3v) is 4.49. The summed E-state index contributed by atoms with van der Waals surface area (Å²) >= 11 is 0. The van der Waals surface area contributed by atoms with Crippen LogP contribution in [0.15, 0.2) is 41.2 Å². The largest absolute Gasteiger partial charge is 0.379 e. The molecule has 1 amide bonds. The number of aryl methyl sites for hydroxylation is 1. The third-order valence-electron chi connectivity index (χ3n) is 4.49. The minimum Gasteiger partial charge on any atom is -0.379 e. The SMILES string of the molecule is Cc1ccc(C(=O)Nc2cccc(CN3CCOCC3)c2)c(=O)n1C. The lowest BCUT2D eigenvalue weighted by Gasteiger charge is -2.26. The van der Waals surface area contributed by atoms with Crippen LogP contribution in [0.1, 0.15) is 21.6 Å². The molecule has 1 fully saturated rings. The van der Waals surface area contributed by atoms with E-state index in [1.165, 1.54) is 4.57 Å². The van der Waals surface area contributed by atoms with E-state index in [4.69, 9.17) is 4.74 Å². The van der Waals surface area contributed by atoms with Gasteiger partial charge in [-0.2, -0.15) is 0 Å². The summed E-state index contributed by atoms with van der Waals surface area (Å²) in [5, 5.41) is 2.83. The lowest BCUT2D eigenvalue weighted by molar-refractivity contribution is 0.0342. The van der Waals surface area contributed by atoms with Gasteiger partial charge in [-0.05, 0) is 36.8 Å². The highest BCUT2D eigenvalue weighted by Gasteiger charge is 2.14. The summed E-state index contributed by atoms with van der Waals surface area (Å²) in [6.45, 7) is 5.99. The van der Waals surface area contributed by atoms with E-state index in [-0.39, 0.29) is 17.0 Å². The lowest BCUT2D eigenvalue weighted by Crippen LogP contribution is -2.35. The minimum absolute atomic E-state index is 0.145. The van der Waals surface area contributed by atoms with Gasteiger partial charge in [0.15, 0.2) is 0 Å². The molecule has 2 aromatic rings. The molecule has 1 saturated heterocycles. The first-order chi connectivity index (χ1) is 12.0. The van der Waals surface area contributed by atoms with Crippen LogP contribution in [-0.4, -0.2) is 41.7 Å². The Morgan fingerprint density at radius 2 is 1.96 bits per heavy atom. The Kier molecular flexibility index (Phi) is 5.31. The second-order valence-electron chi connectivity index (χ2n) is 6.30. The Labute approximate surface area is 147 Å². The number of aromatic nitrogens is 1. The molecule has 0 spiro atoms. The van der Waals surface area contributed by atoms with Gasteiger partial charge in [-0.15, -0.1) is 0 Å². The summed E-state index contributed by atoms with van der Waals surface area (Å²) in [5.41, 5.74) is 2.48. The predicted octanol–water partition coefficient (Wildman–Crippen LogP) is 1.78. The maximum absolute atomic E-state index is 12.4. The number of carbonyl (C=O) groups excluding carboxylic acids is 1. The van der Waals surface area contributed by atoms with Crippen LogP contribution in [0.5, 0.6) is 0 Å². The molecule has 0 unspecified atom stereocenters. The molecule has 2 heterocycles. The number of hydrogen-bond donors (Lipinski definition) is 1. The molecule has 0 atom stereocenters. The average molecular weight is 341 g/mol. The highest BCUT2D eigenvalue weighted by molar-refractivity contribution is 6.04. The van der Waals surface area contributed by atoms with Gasteiger partial charge in [0.25, 0.3) is 11.5 Å². The zero-order chi connectivity index (χ0) is 17.8. The highest BCUT2D eigenvalue weighted by Crippen LogP contribution is 2.14. The van der Waals surface area contributed by atoms with Gasteiger partial charge in [0, 0.05) is 38.1 Å². The quantitative estimate of drug-likeness (QED) is 0.921. The summed E-state index contributed by atoms with van der Waals surface area (Å²) in [6.07, 6.45) is 0. The number of pyridine rings is 1. The zero-order valence-corrected chi connectivity index (χ0v) is 14.6. The smallest absolute Gasteiger partial charge is 0.263 e. The summed E-state index contributed by atoms with van der Waals surface area (Å²) in [4.78, 5) is 27.0. The highest BCUT2D eigenvalue weighted by atomic mass is 16.5. The Morgan fingerprint density at radius 1 is 1.20 bits per heavy atom. The predicted molar refractivity (Wildman–Crippen MR) is 96.9 cm³/mol. The van der Waals surface area contributed by atoms with E-state index < -0.39 is 0 Å². The molecule has 0 aliphatic carbocycles. The van der Waals surface area contributed by atoms with Crippen molar-refractivity contribution in [2.45, 2.75) is 13.5 Å². The van der Waals surface area contributed by atoms with E-state index in [1.807, 2.05) is 31.2 Å². The number of nitrogens with zero attached hydrogens (tertiary/aromatic N) is 2. The van der Waals surface area contributed by atoms with Crippen molar-refractivity contribution in [3.63, 3.8) is 0 Å².